The number of halogens is 1. The van der Waals surface area contributed by atoms with Crippen LogP contribution in [0.4, 0.5) is 10.1 Å². The molecule has 0 atom stereocenters. The number of hydrogen-bond donors (Lipinski definition) is 1. The third-order valence-electron chi connectivity index (χ3n) is 3.53. The van der Waals surface area contributed by atoms with Crippen molar-refractivity contribution in [1.82, 2.24) is 4.90 Å². The number of aryl methyl sites for hydroxylation is 1. The molecule has 0 aromatic heterocycles. The van der Waals surface area contributed by atoms with Gasteiger partial charge in [0.25, 0.3) is 0 Å². The standard InChI is InChI=1S/C18H21FN2O/c1-3-21(12-15-8-6-9-16(19)11-15)13-18(22)20-17-10-5-4-7-14(17)2/h4-11H,3,12-13H2,1-2H3,(H,20,22). The summed E-state index contributed by atoms with van der Waals surface area (Å²) in [6, 6.07) is 14.2. The molecule has 3 nitrogen and oxygen atoms in total. The van der Waals surface area contributed by atoms with Crippen molar-refractivity contribution in [2.75, 3.05) is 18.4 Å². The summed E-state index contributed by atoms with van der Waals surface area (Å²) in [5.74, 6) is -0.314. The summed E-state index contributed by atoms with van der Waals surface area (Å²) >= 11 is 0. The van der Waals surface area contributed by atoms with E-state index in [1.54, 1.807) is 6.07 Å². The van der Waals surface area contributed by atoms with E-state index in [2.05, 4.69) is 5.32 Å². The van der Waals surface area contributed by atoms with Crippen molar-refractivity contribution in [2.45, 2.75) is 20.4 Å². The maximum atomic E-state index is 13.2. The quantitative estimate of drug-likeness (QED) is 0.884. The number of carbonyl (C=O) groups is 1. The lowest BCUT2D eigenvalue weighted by atomic mass is 10.2. The van der Waals surface area contributed by atoms with Crippen LogP contribution in [0.3, 0.4) is 0 Å². The minimum atomic E-state index is -0.252. The zero-order valence-corrected chi connectivity index (χ0v) is 13.0. The second-order valence-corrected chi connectivity index (χ2v) is 5.30. The molecule has 116 valence electrons. The highest BCUT2D eigenvalue weighted by molar-refractivity contribution is 5.92. The lowest BCUT2D eigenvalue weighted by Crippen LogP contribution is -2.32. The van der Waals surface area contributed by atoms with Crippen molar-refractivity contribution in [3.05, 3.63) is 65.5 Å². The highest BCUT2D eigenvalue weighted by Crippen LogP contribution is 2.13. The number of anilines is 1. The maximum absolute atomic E-state index is 13.2. The van der Waals surface area contributed by atoms with Crippen LogP contribution >= 0.6 is 0 Å². The molecule has 0 radical (unpaired) electrons. The molecule has 0 aliphatic carbocycles. The summed E-state index contributed by atoms with van der Waals surface area (Å²) in [4.78, 5) is 14.1. The minimum Gasteiger partial charge on any atom is -0.325 e. The van der Waals surface area contributed by atoms with Gasteiger partial charge in [0.15, 0.2) is 0 Å². The van der Waals surface area contributed by atoms with Crippen molar-refractivity contribution in [1.29, 1.82) is 0 Å². The second kappa shape index (κ2) is 7.71. The number of carbonyl (C=O) groups excluding carboxylic acids is 1. The lowest BCUT2D eigenvalue weighted by Gasteiger charge is -2.20. The molecule has 0 aliphatic heterocycles. The van der Waals surface area contributed by atoms with Crippen LogP contribution in [-0.4, -0.2) is 23.9 Å². The number of hydrogen-bond acceptors (Lipinski definition) is 2. The Bertz CT molecular complexity index is 642. The van der Waals surface area contributed by atoms with E-state index in [-0.39, 0.29) is 18.3 Å². The first-order valence-corrected chi connectivity index (χ1v) is 7.40. The van der Waals surface area contributed by atoms with Gasteiger partial charge in [0, 0.05) is 12.2 Å². The van der Waals surface area contributed by atoms with Crippen LogP contribution in [0.5, 0.6) is 0 Å². The highest BCUT2D eigenvalue weighted by Gasteiger charge is 2.11. The Morgan fingerprint density at radius 1 is 1.18 bits per heavy atom. The van der Waals surface area contributed by atoms with Crippen LogP contribution in [0.2, 0.25) is 0 Å². The fourth-order valence-electron chi connectivity index (χ4n) is 2.28. The van der Waals surface area contributed by atoms with Crippen molar-refractivity contribution in [2.24, 2.45) is 0 Å². The first-order chi connectivity index (χ1) is 10.6. The molecule has 0 saturated heterocycles. The largest absolute Gasteiger partial charge is 0.325 e. The molecule has 0 unspecified atom stereocenters. The van der Waals surface area contributed by atoms with Crippen molar-refractivity contribution in [3.8, 4) is 0 Å². The third-order valence-corrected chi connectivity index (χ3v) is 3.53. The summed E-state index contributed by atoms with van der Waals surface area (Å²) < 4.78 is 13.2. The minimum absolute atomic E-state index is 0.0625. The topological polar surface area (TPSA) is 32.3 Å². The summed E-state index contributed by atoms with van der Waals surface area (Å²) in [7, 11) is 0. The molecule has 2 aromatic rings. The maximum Gasteiger partial charge on any atom is 0.238 e. The molecule has 4 heteroatoms. The van der Waals surface area contributed by atoms with Crippen molar-refractivity contribution >= 4 is 11.6 Å². The number of likely N-dealkylation sites (N-methyl/N-ethyl adjacent to an activating group) is 1. The van der Waals surface area contributed by atoms with Crippen molar-refractivity contribution in [3.63, 3.8) is 0 Å². The van der Waals surface area contributed by atoms with E-state index in [0.29, 0.717) is 6.54 Å². The zero-order valence-electron chi connectivity index (χ0n) is 13.0. The Hall–Kier alpha value is -2.20. The number of benzene rings is 2. The van der Waals surface area contributed by atoms with Crippen molar-refractivity contribution < 1.29 is 9.18 Å². The molecule has 0 saturated carbocycles. The second-order valence-electron chi connectivity index (χ2n) is 5.30. The Labute approximate surface area is 130 Å². The van der Waals surface area contributed by atoms with Crippen LogP contribution in [-0.2, 0) is 11.3 Å². The molecular formula is C18H21FN2O. The Morgan fingerprint density at radius 3 is 2.64 bits per heavy atom. The number of amides is 1. The molecule has 0 spiro atoms. The molecule has 0 fully saturated rings. The Morgan fingerprint density at radius 2 is 1.95 bits per heavy atom. The van der Waals surface area contributed by atoms with Gasteiger partial charge in [-0.15, -0.1) is 0 Å². The molecule has 2 rings (SSSR count). The van der Waals surface area contributed by atoms with Crippen LogP contribution in [0.1, 0.15) is 18.1 Å². The summed E-state index contributed by atoms with van der Waals surface area (Å²) in [6.45, 7) is 5.49. The van der Waals surface area contributed by atoms with Gasteiger partial charge in [-0.1, -0.05) is 37.3 Å². The van der Waals surface area contributed by atoms with E-state index < -0.39 is 0 Å². The number of nitrogens with zero attached hydrogens (tertiary/aromatic N) is 1. The molecule has 22 heavy (non-hydrogen) atoms. The fourth-order valence-corrected chi connectivity index (χ4v) is 2.28. The lowest BCUT2D eigenvalue weighted by molar-refractivity contribution is -0.117. The Balaban J connectivity index is 1.95. The van der Waals surface area contributed by atoms with Gasteiger partial charge in [-0.2, -0.15) is 0 Å². The van der Waals surface area contributed by atoms with Gasteiger partial charge in [0.1, 0.15) is 5.82 Å². The smallest absolute Gasteiger partial charge is 0.238 e. The van der Waals surface area contributed by atoms with Crippen LogP contribution in [0, 0.1) is 12.7 Å². The van der Waals surface area contributed by atoms with Gasteiger partial charge in [0.05, 0.1) is 6.54 Å². The Kier molecular flexibility index (Phi) is 5.67. The number of rotatable bonds is 6. The summed E-state index contributed by atoms with van der Waals surface area (Å²) in [5, 5.41) is 2.92. The SMILES string of the molecule is CCN(CC(=O)Nc1ccccc1C)Cc1cccc(F)c1. The number of nitrogens with one attached hydrogen (secondary N) is 1. The number of para-hydroxylation sites is 1. The van der Waals surface area contributed by atoms with E-state index in [4.69, 9.17) is 0 Å². The fraction of sp³-hybridized carbons (Fsp3) is 0.278. The van der Waals surface area contributed by atoms with E-state index >= 15 is 0 Å². The molecule has 0 aliphatic rings. The van der Waals surface area contributed by atoms with Gasteiger partial charge in [-0.25, -0.2) is 4.39 Å². The summed E-state index contributed by atoms with van der Waals surface area (Å²) in [5.41, 5.74) is 2.73. The summed E-state index contributed by atoms with van der Waals surface area (Å²) in [6.07, 6.45) is 0. The molecule has 1 amide bonds. The van der Waals surface area contributed by atoms with Gasteiger partial charge in [-0.05, 0) is 42.8 Å². The van der Waals surface area contributed by atoms with Gasteiger partial charge >= 0.3 is 0 Å². The highest BCUT2D eigenvalue weighted by atomic mass is 19.1. The van der Waals surface area contributed by atoms with Gasteiger partial charge in [-0.3, -0.25) is 9.69 Å². The van der Waals surface area contributed by atoms with Crippen LogP contribution in [0.15, 0.2) is 48.5 Å². The molecule has 0 bridgehead atoms. The molecule has 2 aromatic carbocycles. The molecular weight excluding hydrogens is 279 g/mol. The molecule has 0 heterocycles. The monoisotopic (exact) mass is 300 g/mol. The third kappa shape index (κ3) is 4.67. The van der Waals surface area contributed by atoms with E-state index in [0.717, 1.165) is 23.4 Å². The average molecular weight is 300 g/mol. The normalized spacial score (nSPS) is 10.7. The van der Waals surface area contributed by atoms with E-state index in [1.807, 2.05) is 49.1 Å². The predicted molar refractivity (Wildman–Crippen MR) is 87.2 cm³/mol. The van der Waals surface area contributed by atoms with Crippen LogP contribution in [0.25, 0.3) is 0 Å². The van der Waals surface area contributed by atoms with Gasteiger partial charge in [0.2, 0.25) is 5.91 Å². The van der Waals surface area contributed by atoms with E-state index in [9.17, 15) is 9.18 Å². The van der Waals surface area contributed by atoms with Crippen LogP contribution < -0.4 is 5.32 Å². The van der Waals surface area contributed by atoms with E-state index in [1.165, 1.54) is 12.1 Å². The van der Waals surface area contributed by atoms with Gasteiger partial charge < -0.3 is 5.32 Å². The first kappa shape index (κ1) is 16.2. The predicted octanol–water partition coefficient (Wildman–Crippen LogP) is 3.59. The average Bonchev–Trinajstić information content (AvgIpc) is 2.49. The molecule has 1 N–H and O–H groups in total. The first-order valence-electron chi connectivity index (χ1n) is 7.40. The zero-order chi connectivity index (χ0) is 15.9.